The smallest absolute Gasteiger partial charge is 0.126 e. The fourth-order valence-electron chi connectivity index (χ4n) is 0.750. The molecular weight excluding hydrogens is 155 g/mol. The molecule has 62 valence electrons. The van der Waals surface area contributed by atoms with Crippen molar-refractivity contribution in [3.8, 4) is 0 Å². The number of hydrogen-bond acceptors (Lipinski definition) is 2. The molecule has 0 aliphatic rings. The summed E-state index contributed by atoms with van der Waals surface area (Å²) in [5.41, 5.74) is 6.64. The summed E-state index contributed by atoms with van der Waals surface area (Å²) in [6.07, 6.45) is 2.66. The highest BCUT2D eigenvalue weighted by atomic mass is 31.0. The highest BCUT2D eigenvalue weighted by molar-refractivity contribution is 7.15. The zero-order valence-electron chi connectivity index (χ0n) is 7.04. The van der Waals surface area contributed by atoms with E-state index in [1.807, 2.05) is 18.8 Å². The number of aromatic nitrogens is 1. The second-order valence-corrected chi connectivity index (χ2v) is 1.90. The molecule has 1 aromatic rings. The van der Waals surface area contributed by atoms with Crippen molar-refractivity contribution in [2.45, 2.75) is 13.3 Å². The van der Waals surface area contributed by atoms with E-state index in [0.717, 1.165) is 12.0 Å². The van der Waals surface area contributed by atoms with Crippen molar-refractivity contribution in [3.63, 3.8) is 0 Å². The van der Waals surface area contributed by atoms with Crippen molar-refractivity contribution in [1.82, 2.24) is 4.98 Å². The van der Waals surface area contributed by atoms with Gasteiger partial charge in [0.25, 0.3) is 0 Å². The van der Waals surface area contributed by atoms with E-state index in [1.54, 1.807) is 6.20 Å². The van der Waals surface area contributed by atoms with Crippen LogP contribution >= 0.6 is 9.24 Å². The molecule has 0 aromatic carbocycles. The molecule has 0 bridgehead atoms. The van der Waals surface area contributed by atoms with E-state index < -0.39 is 0 Å². The molecule has 2 nitrogen and oxygen atoms in total. The van der Waals surface area contributed by atoms with Crippen molar-refractivity contribution in [2.24, 2.45) is 0 Å². The zero-order valence-corrected chi connectivity index (χ0v) is 8.20. The Kier molecular flexibility index (Phi) is 5.77. The SMILES string of the molecule is CCc1cccnc1N.CP. The number of hydrogen-bond donors (Lipinski definition) is 1. The third-order valence-electron chi connectivity index (χ3n) is 1.31. The summed E-state index contributed by atoms with van der Waals surface area (Å²) >= 11 is 0. The van der Waals surface area contributed by atoms with Crippen LogP contribution in [0.5, 0.6) is 0 Å². The molecule has 2 N–H and O–H groups in total. The Bertz CT molecular complexity index is 201. The normalized spacial score (nSPS) is 8.27. The summed E-state index contributed by atoms with van der Waals surface area (Å²) in [5, 5.41) is 0. The molecule has 0 aliphatic carbocycles. The van der Waals surface area contributed by atoms with E-state index >= 15 is 0 Å². The van der Waals surface area contributed by atoms with Crippen molar-refractivity contribution >= 4 is 15.1 Å². The Balaban J connectivity index is 0.000000461. The van der Waals surface area contributed by atoms with Crippen molar-refractivity contribution < 1.29 is 0 Å². The lowest BCUT2D eigenvalue weighted by Gasteiger charge is -1.97. The van der Waals surface area contributed by atoms with E-state index in [-0.39, 0.29) is 0 Å². The Morgan fingerprint density at radius 1 is 1.55 bits per heavy atom. The van der Waals surface area contributed by atoms with Gasteiger partial charge >= 0.3 is 0 Å². The molecule has 1 aromatic heterocycles. The van der Waals surface area contributed by atoms with Crippen LogP contribution in [0, 0.1) is 0 Å². The Labute approximate surface area is 70.4 Å². The molecule has 1 rings (SSSR count). The van der Waals surface area contributed by atoms with Gasteiger partial charge in [-0.05, 0) is 18.1 Å². The van der Waals surface area contributed by atoms with Crippen molar-refractivity contribution in [3.05, 3.63) is 23.9 Å². The van der Waals surface area contributed by atoms with E-state index in [9.17, 15) is 0 Å². The van der Waals surface area contributed by atoms with Gasteiger partial charge in [-0.25, -0.2) is 4.98 Å². The molecule has 1 unspecified atom stereocenters. The van der Waals surface area contributed by atoms with Gasteiger partial charge in [-0.15, -0.1) is 9.24 Å². The molecule has 0 saturated carbocycles. The fourth-order valence-corrected chi connectivity index (χ4v) is 0.750. The molecular formula is C8H15N2P. The lowest BCUT2D eigenvalue weighted by molar-refractivity contribution is 1.11. The van der Waals surface area contributed by atoms with Crippen LogP contribution in [0.2, 0.25) is 0 Å². The third kappa shape index (κ3) is 3.33. The first-order valence-electron chi connectivity index (χ1n) is 3.61. The summed E-state index contributed by atoms with van der Waals surface area (Å²) in [7, 11) is 2.42. The Morgan fingerprint density at radius 3 is 2.55 bits per heavy atom. The van der Waals surface area contributed by atoms with Gasteiger partial charge < -0.3 is 5.73 Å². The maximum atomic E-state index is 5.52. The van der Waals surface area contributed by atoms with E-state index in [0.29, 0.717) is 5.82 Å². The number of aryl methyl sites for hydroxylation is 1. The van der Waals surface area contributed by atoms with Gasteiger partial charge in [0.2, 0.25) is 0 Å². The average molecular weight is 170 g/mol. The maximum Gasteiger partial charge on any atom is 0.126 e. The van der Waals surface area contributed by atoms with Gasteiger partial charge in [-0.2, -0.15) is 0 Å². The molecule has 11 heavy (non-hydrogen) atoms. The standard InChI is InChI=1S/C7H10N2.CH5P/c1-2-6-4-3-5-9-7(6)8;1-2/h3-5H,2H2,1H3,(H2,8,9);2H2,1H3. The number of nitrogen functional groups attached to an aromatic ring is 1. The highest BCUT2D eigenvalue weighted by Crippen LogP contribution is 2.05. The maximum absolute atomic E-state index is 5.52. The highest BCUT2D eigenvalue weighted by Gasteiger charge is 1.91. The van der Waals surface area contributed by atoms with Crippen LogP contribution in [0.1, 0.15) is 12.5 Å². The van der Waals surface area contributed by atoms with Gasteiger partial charge in [-0.3, -0.25) is 0 Å². The van der Waals surface area contributed by atoms with Crippen LogP contribution in [0.25, 0.3) is 0 Å². The van der Waals surface area contributed by atoms with Gasteiger partial charge in [0.05, 0.1) is 0 Å². The fraction of sp³-hybridized carbons (Fsp3) is 0.375. The van der Waals surface area contributed by atoms with Crippen LogP contribution in [0.3, 0.4) is 0 Å². The minimum atomic E-state index is 0.653. The molecule has 3 heteroatoms. The first-order valence-corrected chi connectivity index (χ1v) is 4.77. The van der Waals surface area contributed by atoms with Crippen LogP contribution in [-0.4, -0.2) is 11.6 Å². The Morgan fingerprint density at radius 2 is 2.18 bits per heavy atom. The monoisotopic (exact) mass is 170 g/mol. The quantitative estimate of drug-likeness (QED) is 0.652. The second kappa shape index (κ2) is 6.11. The molecule has 1 heterocycles. The predicted molar refractivity (Wildman–Crippen MR) is 53.7 cm³/mol. The zero-order chi connectivity index (χ0) is 8.69. The minimum Gasteiger partial charge on any atom is -0.383 e. The molecule has 0 spiro atoms. The van der Waals surface area contributed by atoms with Crippen molar-refractivity contribution in [1.29, 1.82) is 0 Å². The number of rotatable bonds is 1. The number of anilines is 1. The average Bonchev–Trinajstić information content (AvgIpc) is 2.09. The van der Waals surface area contributed by atoms with Crippen LogP contribution in [-0.2, 0) is 6.42 Å². The number of pyridine rings is 1. The molecule has 0 aliphatic heterocycles. The second-order valence-electron chi connectivity index (χ2n) is 1.90. The summed E-state index contributed by atoms with van der Waals surface area (Å²) in [6, 6.07) is 3.89. The molecule has 0 amide bonds. The van der Waals surface area contributed by atoms with Gasteiger partial charge in [0.15, 0.2) is 0 Å². The van der Waals surface area contributed by atoms with Gasteiger partial charge in [0.1, 0.15) is 5.82 Å². The molecule has 0 saturated heterocycles. The summed E-state index contributed by atoms with van der Waals surface area (Å²) < 4.78 is 0. The lowest BCUT2D eigenvalue weighted by Crippen LogP contribution is -1.94. The van der Waals surface area contributed by atoms with Gasteiger partial charge in [0, 0.05) is 6.20 Å². The number of nitrogens with two attached hydrogens (primary N) is 1. The third-order valence-corrected chi connectivity index (χ3v) is 1.31. The summed E-state index contributed by atoms with van der Waals surface area (Å²) in [6.45, 7) is 3.98. The van der Waals surface area contributed by atoms with Crippen LogP contribution < -0.4 is 5.73 Å². The molecule has 1 atom stereocenters. The lowest BCUT2D eigenvalue weighted by atomic mass is 10.2. The van der Waals surface area contributed by atoms with E-state index in [1.165, 1.54) is 0 Å². The Hall–Kier alpha value is -0.620. The molecule has 0 fully saturated rings. The summed E-state index contributed by atoms with van der Waals surface area (Å²) in [5.74, 6) is 0.653. The molecule has 0 radical (unpaired) electrons. The van der Waals surface area contributed by atoms with E-state index in [2.05, 4.69) is 21.1 Å². The van der Waals surface area contributed by atoms with Crippen LogP contribution in [0.4, 0.5) is 5.82 Å². The van der Waals surface area contributed by atoms with Crippen molar-refractivity contribution in [2.75, 3.05) is 12.4 Å². The first kappa shape index (κ1) is 10.4. The minimum absolute atomic E-state index is 0.653. The topological polar surface area (TPSA) is 38.9 Å². The number of nitrogens with zero attached hydrogens (tertiary/aromatic N) is 1. The van der Waals surface area contributed by atoms with Gasteiger partial charge in [-0.1, -0.05) is 19.7 Å². The summed E-state index contributed by atoms with van der Waals surface area (Å²) in [4.78, 5) is 3.93. The first-order chi connectivity index (χ1) is 5.34. The largest absolute Gasteiger partial charge is 0.383 e. The van der Waals surface area contributed by atoms with E-state index in [4.69, 9.17) is 5.73 Å². The van der Waals surface area contributed by atoms with Crippen LogP contribution in [0.15, 0.2) is 18.3 Å². The predicted octanol–water partition coefficient (Wildman–Crippen LogP) is 1.72.